The van der Waals surface area contributed by atoms with Gasteiger partial charge in [0, 0.05) is 21.1 Å². The largest absolute Gasteiger partial charge is 2.00 e. The summed E-state index contributed by atoms with van der Waals surface area (Å²) in [4.78, 5) is 0. The molecule has 7 heteroatoms. The molecule has 0 atom stereocenters. The van der Waals surface area contributed by atoms with Gasteiger partial charge in [0.25, 0.3) is 0 Å². The first-order valence-corrected chi connectivity index (χ1v) is 0. The Hall–Kier alpha value is 2.01. The van der Waals surface area contributed by atoms with Gasteiger partial charge in [-0.15, -0.1) is 0 Å². The molecule has 0 aliphatic carbocycles. The van der Waals surface area contributed by atoms with Gasteiger partial charge < -0.3 is 21.9 Å². The van der Waals surface area contributed by atoms with Gasteiger partial charge in [-0.2, -0.15) is 0 Å². The third-order valence-corrected chi connectivity index (χ3v) is 0. The second kappa shape index (κ2) is 97.5. The van der Waals surface area contributed by atoms with Crippen LogP contribution in [0.15, 0.2) is 0 Å². The number of hydrogen-bond acceptors (Lipinski definition) is 2. The van der Waals surface area contributed by atoms with Crippen LogP contribution in [0.1, 0.15) is 0 Å². The molecule has 0 aromatic rings. The van der Waals surface area contributed by atoms with Crippen molar-refractivity contribution < 1.29 is 87.7 Å². The SMILES string of the molecule is [Ag+].[Ag+].[O-2].[O-2].[OH-].[OH-].[W]. The molecule has 0 bridgehead atoms. The zero-order valence-corrected chi connectivity index (χ0v) is 8.62. The smallest absolute Gasteiger partial charge is 1.00 e. The second-order valence-electron chi connectivity index (χ2n) is 0. The van der Waals surface area contributed by atoms with E-state index in [1.165, 1.54) is 0 Å². The zero-order valence-electron chi connectivity index (χ0n) is 2.72. The van der Waals surface area contributed by atoms with Gasteiger partial charge in [-0.3, -0.25) is 0 Å². The van der Waals surface area contributed by atoms with Gasteiger partial charge in [0.2, 0.25) is 0 Å². The molecule has 0 aliphatic heterocycles. The summed E-state index contributed by atoms with van der Waals surface area (Å²) in [5.74, 6) is 0. The Bertz CT molecular complexity index is 9.65. The van der Waals surface area contributed by atoms with Crippen molar-refractivity contribution >= 4 is 0 Å². The molecule has 0 saturated carbocycles. The summed E-state index contributed by atoms with van der Waals surface area (Å²) in [7, 11) is 0. The molecule has 0 aromatic carbocycles. The van der Waals surface area contributed by atoms with Crippen LogP contribution in [0.3, 0.4) is 0 Å². The minimum absolute atomic E-state index is 0. The van der Waals surface area contributed by atoms with Crippen molar-refractivity contribution in [1.29, 1.82) is 0 Å². The van der Waals surface area contributed by atoms with Crippen molar-refractivity contribution in [3.8, 4) is 0 Å². The van der Waals surface area contributed by atoms with Crippen LogP contribution >= 0.6 is 0 Å². The maximum Gasteiger partial charge on any atom is 1.00 e. The minimum atomic E-state index is 0. The Labute approximate surface area is 86.9 Å². The monoisotopic (exact) mass is 464 g/mol. The molecule has 0 aromatic heterocycles. The predicted octanol–water partition coefficient (Wildman–Crippen LogP) is -0.599. The average molecular weight is 466 g/mol. The standard InChI is InChI=1S/2Ag.2H2O.2O.W/h;;2*1H2;;;/q2*+1;;;2*-2;/p-2. The minimum Gasteiger partial charge on any atom is -2.00 e. The van der Waals surface area contributed by atoms with Crippen LogP contribution in [0, 0.1) is 0 Å². The zero-order chi connectivity index (χ0) is 0. The quantitative estimate of drug-likeness (QED) is 0.444. The fourth-order valence-corrected chi connectivity index (χ4v) is 0. The summed E-state index contributed by atoms with van der Waals surface area (Å²) in [5.41, 5.74) is 0. The van der Waals surface area contributed by atoms with E-state index in [1.807, 2.05) is 0 Å². The van der Waals surface area contributed by atoms with E-state index in [1.54, 1.807) is 0 Å². The Kier molecular flexibility index (Phi) is 1990. The first-order chi connectivity index (χ1) is 0. The van der Waals surface area contributed by atoms with Crippen molar-refractivity contribution in [1.82, 2.24) is 0 Å². The Morgan fingerprint density at radius 2 is 0.571 bits per heavy atom. The molecule has 0 saturated heterocycles. The summed E-state index contributed by atoms with van der Waals surface area (Å²) in [6.07, 6.45) is 0. The van der Waals surface area contributed by atoms with E-state index in [9.17, 15) is 0 Å². The van der Waals surface area contributed by atoms with Gasteiger partial charge in [-0.05, 0) is 0 Å². The molecule has 0 fully saturated rings. The molecule has 0 aliphatic rings. The number of hydrogen-bond donors (Lipinski definition) is 0. The molecule has 0 amide bonds. The van der Waals surface area contributed by atoms with Crippen LogP contribution in [0.2, 0.25) is 0 Å². The second-order valence-corrected chi connectivity index (χ2v) is 0. The van der Waals surface area contributed by atoms with Gasteiger partial charge in [0.1, 0.15) is 0 Å². The normalized spacial score (nSPS) is 0. The van der Waals surface area contributed by atoms with E-state index >= 15 is 0 Å². The number of rotatable bonds is 0. The van der Waals surface area contributed by atoms with Crippen molar-refractivity contribution in [2.75, 3.05) is 0 Å². The molecule has 4 nitrogen and oxygen atoms in total. The first kappa shape index (κ1) is 143. The third-order valence-electron chi connectivity index (χ3n) is 0. The van der Waals surface area contributed by atoms with Gasteiger partial charge >= 0.3 is 44.8 Å². The molecule has 0 spiro atoms. The van der Waals surface area contributed by atoms with E-state index in [-0.39, 0.29) is 87.7 Å². The summed E-state index contributed by atoms with van der Waals surface area (Å²) in [5, 5.41) is 0. The fraction of sp³-hybridized carbons (Fsp3) is 0. The first-order valence-electron chi connectivity index (χ1n) is 0. The van der Waals surface area contributed by atoms with Crippen LogP contribution in [-0.2, 0) is 76.8 Å². The molecule has 0 heterocycles. The Morgan fingerprint density at radius 3 is 0.571 bits per heavy atom. The molecule has 0 unspecified atom stereocenters. The molecule has 2 N–H and O–H groups in total. The molecule has 7 heavy (non-hydrogen) atoms. The summed E-state index contributed by atoms with van der Waals surface area (Å²) < 4.78 is 0. The van der Waals surface area contributed by atoms with Crippen LogP contribution in [0.25, 0.3) is 0 Å². The molecule has 0 radical (unpaired) electrons. The Morgan fingerprint density at radius 1 is 0.571 bits per heavy atom. The van der Waals surface area contributed by atoms with E-state index in [0.717, 1.165) is 0 Å². The average Bonchev–Trinajstić information content (AvgIpc) is 0. The van der Waals surface area contributed by atoms with Crippen LogP contribution in [0.5, 0.6) is 0 Å². The molecular formula is H2Ag2O4W-4. The Balaban J connectivity index is 0. The third kappa shape index (κ3) is 71.7. The van der Waals surface area contributed by atoms with E-state index < -0.39 is 0 Å². The van der Waals surface area contributed by atoms with Crippen LogP contribution in [-0.4, -0.2) is 11.0 Å². The van der Waals surface area contributed by atoms with Gasteiger partial charge in [0.15, 0.2) is 0 Å². The van der Waals surface area contributed by atoms with Crippen LogP contribution < -0.4 is 0 Å². The fourth-order valence-electron chi connectivity index (χ4n) is 0. The van der Waals surface area contributed by atoms with Crippen molar-refractivity contribution in [2.45, 2.75) is 0 Å². The predicted molar refractivity (Wildman–Crippen MR) is 5.24 cm³/mol. The topological polar surface area (TPSA) is 117 Å². The van der Waals surface area contributed by atoms with Crippen molar-refractivity contribution in [2.24, 2.45) is 0 Å². The summed E-state index contributed by atoms with van der Waals surface area (Å²) in [6.45, 7) is 0. The molecule has 0 rings (SSSR count). The molecule has 58 valence electrons. The summed E-state index contributed by atoms with van der Waals surface area (Å²) >= 11 is 0. The van der Waals surface area contributed by atoms with E-state index in [2.05, 4.69) is 0 Å². The van der Waals surface area contributed by atoms with Crippen molar-refractivity contribution in [3.63, 3.8) is 0 Å². The van der Waals surface area contributed by atoms with Gasteiger partial charge in [-0.25, -0.2) is 0 Å². The maximum atomic E-state index is 0. The van der Waals surface area contributed by atoms with Gasteiger partial charge in [-0.1, -0.05) is 0 Å². The summed E-state index contributed by atoms with van der Waals surface area (Å²) in [6, 6.07) is 0. The van der Waals surface area contributed by atoms with E-state index in [4.69, 9.17) is 0 Å². The van der Waals surface area contributed by atoms with Crippen LogP contribution in [0.4, 0.5) is 0 Å². The van der Waals surface area contributed by atoms with Gasteiger partial charge in [0.05, 0.1) is 0 Å². The maximum absolute atomic E-state index is 0. The molecular weight excluding hydrogens is 464 g/mol. The van der Waals surface area contributed by atoms with E-state index in [0.29, 0.717) is 0 Å². The van der Waals surface area contributed by atoms with Crippen molar-refractivity contribution in [3.05, 3.63) is 0 Å².